The summed E-state index contributed by atoms with van der Waals surface area (Å²) in [6.07, 6.45) is 2.64. The molecule has 1 aromatic rings. The maximum absolute atomic E-state index is 3.39. The van der Waals surface area contributed by atoms with Gasteiger partial charge in [0.15, 0.2) is 0 Å². The van der Waals surface area contributed by atoms with Crippen molar-refractivity contribution in [3.8, 4) is 0 Å². The molecular formula is C12H20N2S. The Morgan fingerprint density at radius 3 is 3.13 bits per heavy atom. The van der Waals surface area contributed by atoms with Crippen LogP contribution < -0.4 is 5.32 Å². The van der Waals surface area contributed by atoms with Crippen LogP contribution in [0.15, 0.2) is 16.8 Å². The Balaban J connectivity index is 1.98. The highest BCUT2D eigenvalue weighted by atomic mass is 32.1. The van der Waals surface area contributed by atoms with Gasteiger partial charge in [-0.15, -0.1) is 0 Å². The molecule has 1 aromatic heterocycles. The van der Waals surface area contributed by atoms with E-state index in [0.29, 0.717) is 12.1 Å². The third-order valence-electron chi connectivity index (χ3n) is 3.43. The molecule has 2 heterocycles. The highest BCUT2D eigenvalue weighted by Gasteiger charge is 2.23. The maximum Gasteiger partial charge on any atom is 0.0328 e. The van der Waals surface area contributed by atoms with Gasteiger partial charge in [0.2, 0.25) is 0 Å². The number of hydrogen-bond donors (Lipinski definition) is 1. The fourth-order valence-electron chi connectivity index (χ4n) is 2.32. The van der Waals surface area contributed by atoms with E-state index in [4.69, 9.17) is 0 Å². The van der Waals surface area contributed by atoms with E-state index in [-0.39, 0.29) is 0 Å². The van der Waals surface area contributed by atoms with E-state index in [0.717, 1.165) is 0 Å². The van der Waals surface area contributed by atoms with Gasteiger partial charge in [-0.3, -0.25) is 4.90 Å². The van der Waals surface area contributed by atoms with E-state index < -0.39 is 0 Å². The monoisotopic (exact) mass is 224 g/mol. The van der Waals surface area contributed by atoms with E-state index in [1.165, 1.54) is 31.5 Å². The average Bonchev–Trinajstić information content (AvgIpc) is 2.81. The number of likely N-dealkylation sites (N-methyl/N-ethyl adjacent to an activating group) is 1. The third-order valence-corrected chi connectivity index (χ3v) is 4.14. The van der Waals surface area contributed by atoms with Crippen LogP contribution in [0, 0.1) is 0 Å². The second-order valence-corrected chi connectivity index (χ2v) is 5.14. The summed E-state index contributed by atoms with van der Waals surface area (Å²) in [6, 6.07) is 3.51. The van der Waals surface area contributed by atoms with Gasteiger partial charge in [-0.05, 0) is 55.7 Å². The summed E-state index contributed by atoms with van der Waals surface area (Å²) in [5.41, 5.74) is 1.47. The first-order valence-electron chi connectivity index (χ1n) is 5.74. The van der Waals surface area contributed by atoms with Crippen LogP contribution >= 0.6 is 11.3 Å². The number of piperidine rings is 1. The van der Waals surface area contributed by atoms with Crippen molar-refractivity contribution in [2.45, 2.75) is 31.8 Å². The third kappa shape index (κ3) is 2.60. The molecule has 1 N–H and O–H groups in total. The first-order chi connectivity index (χ1) is 7.31. The number of nitrogens with zero attached hydrogens (tertiary/aromatic N) is 1. The van der Waals surface area contributed by atoms with Gasteiger partial charge < -0.3 is 5.32 Å². The molecule has 15 heavy (non-hydrogen) atoms. The van der Waals surface area contributed by atoms with Crippen LogP contribution in [-0.4, -0.2) is 31.1 Å². The van der Waals surface area contributed by atoms with Crippen molar-refractivity contribution in [3.05, 3.63) is 22.4 Å². The molecule has 1 saturated heterocycles. The summed E-state index contributed by atoms with van der Waals surface area (Å²) in [4.78, 5) is 2.59. The number of likely N-dealkylation sites (tertiary alicyclic amines) is 1. The van der Waals surface area contributed by atoms with Gasteiger partial charge in [0, 0.05) is 18.6 Å². The molecule has 2 unspecified atom stereocenters. The zero-order chi connectivity index (χ0) is 10.7. The van der Waals surface area contributed by atoms with Gasteiger partial charge in [0.05, 0.1) is 0 Å². The lowest BCUT2D eigenvalue weighted by atomic mass is 10.0. The maximum atomic E-state index is 3.39. The van der Waals surface area contributed by atoms with Crippen molar-refractivity contribution in [2.75, 3.05) is 20.1 Å². The van der Waals surface area contributed by atoms with E-state index in [2.05, 4.69) is 41.0 Å². The van der Waals surface area contributed by atoms with E-state index >= 15 is 0 Å². The predicted molar refractivity (Wildman–Crippen MR) is 66.4 cm³/mol. The van der Waals surface area contributed by atoms with Crippen molar-refractivity contribution in [2.24, 2.45) is 0 Å². The molecule has 0 radical (unpaired) electrons. The second-order valence-electron chi connectivity index (χ2n) is 4.36. The summed E-state index contributed by atoms with van der Waals surface area (Å²) >= 11 is 1.80. The smallest absolute Gasteiger partial charge is 0.0328 e. The van der Waals surface area contributed by atoms with Crippen LogP contribution in [0.2, 0.25) is 0 Å². The number of hydrogen-bond acceptors (Lipinski definition) is 3. The number of rotatable bonds is 3. The Morgan fingerprint density at radius 1 is 1.60 bits per heavy atom. The molecule has 0 spiro atoms. The lowest BCUT2D eigenvalue weighted by Crippen LogP contribution is -2.45. The van der Waals surface area contributed by atoms with E-state index in [9.17, 15) is 0 Å². The molecule has 2 rings (SSSR count). The van der Waals surface area contributed by atoms with Crippen molar-refractivity contribution in [1.29, 1.82) is 0 Å². The van der Waals surface area contributed by atoms with Crippen LogP contribution in [0.4, 0.5) is 0 Å². The zero-order valence-electron chi connectivity index (χ0n) is 9.57. The summed E-state index contributed by atoms with van der Waals surface area (Å²) in [6.45, 7) is 4.75. The SMILES string of the molecule is CNC1CCCN(C(C)c2ccsc2)C1. The highest BCUT2D eigenvalue weighted by Crippen LogP contribution is 2.25. The van der Waals surface area contributed by atoms with Gasteiger partial charge in [-0.2, -0.15) is 11.3 Å². The van der Waals surface area contributed by atoms with Crippen molar-refractivity contribution < 1.29 is 0 Å². The molecular weight excluding hydrogens is 204 g/mol. The number of nitrogens with one attached hydrogen (secondary N) is 1. The normalized spacial score (nSPS) is 25.3. The van der Waals surface area contributed by atoms with E-state index in [1.807, 2.05) is 0 Å². The minimum atomic E-state index is 0.576. The van der Waals surface area contributed by atoms with Crippen LogP contribution in [-0.2, 0) is 0 Å². The molecule has 0 aromatic carbocycles. The van der Waals surface area contributed by atoms with Crippen molar-refractivity contribution >= 4 is 11.3 Å². The fraction of sp³-hybridized carbons (Fsp3) is 0.667. The predicted octanol–water partition coefficient (Wildman–Crippen LogP) is 2.49. The Kier molecular flexibility index (Phi) is 3.78. The molecule has 2 atom stereocenters. The first-order valence-corrected chi connectivity index (χ1v) is 6.69. The van der Waals surface area contributed by atoms with Crippen molar-refractivity contribution in [1.82, 2.24) is 10.2 Å². The largest absolute Gasteiger partial charge is 0.316 e. The minimum Gasteiger partial charge on any atom is -0.316 e. The summed E-state index contributed by atoms with van der Waals surface area (Å²) in [5.74, 6) is 0. The Bertz CT molecular complexity index is 284. The molecule has 0 bridgehead atoms. The lowest BCUT2D eigenvalue weighted by molar-refractivity contribution is 0.149. The quantitative estimate of drug-likeness (QED) is 0.848. The molecule has 0 amide bonds. The van der Waals surface area contributed by atoms with Crippen LogP contribution in [0.1, 0.15) is 31.4 Å². The Labute approximate surface area is 96.3 Å². The fourth-order valence-corrected chi connectivity index (χ4v) is 3.06. The molecule has 0 aliphatic carbocycles. The van der Waals surface area contributed by atoms with Gasteiger partial charge >= 0.3 is 0 Å². The van der Waals surface area contributed by atoms with Crippen molar-refractivity contribution in [3.63, 3.8) is 0 Å². The Hall–Kier alpha value is -0.380. The summed E-state index contributed by atoms with van der Waals surface area (Å²) < 4.78 is 0. The van der Waals surface area contributed by atoms with Gasteiger partial charge in [-0.25, -0.2) is 0 Å². The van der Waals surface area contributed by atoms with Gasteiger partial charge in [0.25, 0.3) is 0 Å². The minimum absolute atomic E-state index is 0.576. The average molecular weight is 224 g/mol. The zero-order valence-corrected chi connectivity index (χ0v) is 10.4. The van der Waals surface area contributed by atoms with Crippen LogP contribution in [0.5, 0.6) is 0 Å². The lowest BCUT2D eigenvalue weighted by Gasteiger charge is -2.36. The molecule has 2 nitrogen and oxygen atoms in total. The van der Waals surface area contributed by atoms with Gasteiger partial charge in [0.1, 0.15) is 0 Å². The molecule has 84 valence electrons. The van der Waals surface area contributed by atoms with Gasteiger partial charge in [-0.1, -0.05) is 0 Å². The summed E-state index contributed by atoms with van der Waals surface area (Å²) in [5, 5.41) is 7.84. The molecule has 0 saturated carbocycles. The molecule has 1 aliphatic heterocycles. The highest BCUT2D eigenvalue weighted by molar-refractivity contribution is 7.07. The molecule has 3 heteroatoms. The van der Waals surface area contributed by atoms with Crippen LogP contribution in [0.25, 0.3) is 0 Å². The standard InChI is InChI=1S/C12H20N2S/c1-10(11-5-7-15-9-11)14-6-3-4-12(8-14)13-2/h5,7,9-10,12-13H,3-4,6,8H2,1-2H3. The summed E-state index contributed by atoms with van der Waals surface area (Å²) in [7, 11) is 2.07. The molecule has 1 aliphatic rings. The molecule has 1 fully saturated rings. The topological polar surface area (TPSA) is 15.3 Å². The Morgan fingerprint density at radius 2 is 2.47 bits per heavy atom. The first kappa shape index (κ1) is 11.1. The van der Waals surface area contributed by atoms with Crippen LogP contribution in [0.3, 0.4) is 0 Å². The number of thiophene rings is 1. The second kappa shape index (κ2) is 5.10. The van der Waals surface area contributed by atoms with E-state index in [1.54, 1.807) is 11.3 Å².